The second-order valence-electron chi connectivity index (χ2n) is 0.505. The summed E-state index contributed by atoms with van der Waals surface area (Å²) in [6.45, 7) is 0. The van der Waals surface area contributed by atoms with Gasteiger partial charge in [0.05, 0.1) is 16.5 Å². The van der Waals surface area contributed by atoms with Crippen molar-refractivity contribution in [3.63, 3.8) is 0 Å². The Bertz CT molecular complexity index is 69.1. The van der Waals surface area contributed by atoms with Crippen LogP contribution in [-0.2, 0) is 9.13 Å². The first-order chi connectivity index (χ1) is 3.46. The van der Waals surface area contributed by atoms with Gasteiger partial charge >= 0.3 is 23.1 Å². The molecule has 0 unspecified atom stereocenters. The Morgan fingerprint density at radius 3 is 0.778 bits per heavy atom. The molecule has 0 aromatic carbocycles. The molecule has 0 aliphatic carbocycles. The predicted octanol–water partition coefficient (Wildman–Crippen LogP) is -1.12. The van der Waals surface area contributed by atoms with Gasteiger partial charge in [-0.25, -0.2) is 0 Å². The minimum Gasteiger partial charge on any atom is -0.485 e. The number of rotatable bonds is 0. The van der Waals surface area contributed by atoms with E-state index in [1.165, 1.54) is 0 Å². The van der Waals surface area contributed by atoms with Crippen LogP contribution in [0.2, 0.25) is 0 Å². The maximum atomic E-state index is 8.70. The van der Waals surface area contributed by atoms with Gasteiger partial charge < -0.3 is 28.7 Å². The molecule has 0 saturated carbocycles. The molecule has 0 aromatic rings. The Kier molecular flexibility index (Phi) is 21.8. The average Bonchev–Trinajstić information content (AvgIpc) is 1.25. The van der Waals surface area contributed by atoms with Gasteiger partial charge in [0, 0.05) is 0 Å². The Morgan fingerprint density at radius 1 is 0.778 bits per heavy atom. The molecule has 0 aliphatic heterocycles. The Morgan fingerprint density at radius 2 is 0.778 bits per heavy atom. The number of hydrogen-bond donors (Lipinski definition) is 4. The molecule has 0 aliphatic rings. The number of hydrogen-bond acceptors (Lipinski definition) is 2. The third-order valence-corrected chi connectivity index (χ3v) is 0. The molecule has 0 bridgehead atoms. The molecular weight excluding hydrogens is 182 g/mol. The van der Waals surface area contributed by atoms with E-state index in [1.807, 2.05) is 0 Å². The first-order valence-corrected chi connectivity index (χ1v) is 3.50. The summed E-state index contributed by atoms with van der Waals surface area (Å²) in [5, 5.41) is 0. The van der Waals surface area contributed by atoms with Gasteiger partial charge in [-0.3, -0.25) is 0 Å². The van der Waals surface area contributed by atoms with Gasteiger partial charge in [0.2, 0.25) is 0 Å². The van der Waals surface area contributed by atoms with Crippen LogP contribution in [0.15, 0.2) is 0 Å². The SMILES string of the molecule is O=[P-](O)O.O=[P-](O)O.[Mg+2]. The van der Waals surface area contributed by atoms with Gasteiger partial charge in [-0.05, 0) is 0 Å². The quantitative estimate of drug-likeness (QED) is 0.281. The van der Waals surface area contributed by atoms with Crippen LogP contribution < -0.4 is 0 Å². The van der Waals surface area contributed by atoms with Crippen LogP contribution in [0, 0.1) is 0 Å². The van der Waals surface area contributed by atoms with E-state index in [1.54, 1.807) is 0 Å². The van der Waals surface area contributed by atoms with Gasteiger partial charge in [-0.1, -0.05) is 0 Å². The van der Waals surface area contributed by atoms with Crippen molar-refractivity contribution in [2.45, 2.75) is 0 Å². The van der Waals surface area contributed by atoms with Crippen LogP contribution in [0.3, 0.4) is 0 Å². The van der Waals surface area contributed by atoms with Crippen molar-refractivity contribution in [2.24, 2.45) is 0 Å². The molecule has 0 rings (SSSR count). The zero-order chi connectivity index (χ0) is 7.15. The molecular formula is H4MgO6P2. The largest absolute Gasteiger partial charge is 2.00 e. The van der Waals surface area contributed by atoms with E-state index in [0.29, 0.717) is 0 Å². The molecule has 52 valence electrons. The van der Waals surface area contributed by atoms with Crippen LogP contribution in [-0.4, -0.2) is 42.6 Å². The van der Waals surface area contributed by atoms with Crippen molar-refractivity contribution in [2.75, 3.05) is 0 Å². The first-order valence-electron chi connectivity index (χ1n) is 1.17. The smallest absolute Gasteiger partial charge is 0.485 e. The Labute approximate surface area is 68.6 Å². The zero-order valence-electron chi connectivity index (χ0n) is 4.21. The predicted molar refractivity (Wildman–Crippen MR) is 29.8 cm³/mol. The monoisotopic (exact) mass is 186 g/mol. The summed E-state index contributed by atoms with van der Waals surface area (Å²) < 4.78 is 17.4. The molecule has 0 fully saturated rings. The van der Waals surface area contributed by atoms with Gasteiger partial charge in [0.1, 0.15) is 0 Å². The van der Waals surface area contributed by atoms with E-state index in [9.17, 15) is 0 Å². The summed E-state index contributed by atoms with van der Waals surface area (Å²) in [6.07, 6.45) is 0. The third kappa shape index (κ3) is 398. The van der Waals surface area contributed by atoms with E-state index >= 15 is 0 Å². The Hall–Kier alpha value is 1.07. The molecule has 4 N–H and O–H groups in total. The van der Waals surface area contributed by atoms with Gasteiger partial charge in [0.25, 0.3) is 0 Å². The van der Waals surface area contributed by atoms with E-state index in [2.05, 4.69) is 0 Å². The molecule has 6 nitrogen and oxygen atoms in total. The Balaban J connectivity index is -0.0000000720. The van der Waals surface area contributed by atoms with Crippen molar-refractivity contribution < 1.29 is 28.7 Å². The van der Waals surface area contributed by atoms with Crippen LogP contribution >= 0.6 is 16.5 Å². The van der Waals surface area contributed by atoms with Crippen LogP contribution in [0.25, 0.3) is 0 Å². The summed E-state index contributed by atoms with van der Waals surface area (Å²) in [5.41, 5.74) is 0. The minimum atomic E-state index is -2.87. The molecule has 9 heteroatoms. The normalized spacial score (nSPS) is 7.78. The maximum absolute atomic E-state index is 8.70. The summed E-state index contributed by atoms with van der Waals surface area (Å²) in [4.78, 5) is 28.5. The third-order valence-electron chi connectivity index (χ3n) is 0. The van der Waals surface area contributed by atoms with Gasteiger partial charge in [-0.15, -0.1) is 0 Å². The van der Waals surface area contributed by atoms with Crippen molar-refractivity contribution in [1.82, 2.24) is 0 Å². The zero-order valence-corrected chi connectivity index (χ0v) is 7.41. The molecule has 0 atom stereocenters. The van der Waals surface area contributed by atoms with Crippen molar-refractivity contribution in [3.05, 3.63) is 0 Å². The van der Waals surface area contributed by atoms with E-state index in [4.69, 9.17) is 28.7 Å². The maximum Gasteiger partial charge on any atom is 2.00 e. The minimum absolute atomic E-state index is 0. The van der Waals surface area contributed by atoms with Crippen molar-refractivity contribution in [1.29, 1.82) is 0 Å². The molecule has 0 spiro atoms. The molecule has 0 heterocycles. The summed E-state index contributed by atoms with van der Waals surface area (Å²) in [7, 11) is -5.74. The van der Waals surface area contributed by atoms with Gasteiger partial charge in [-0.2, -0.15) is 0 Å². The summed E-state index contributed by atoms with van der Waals surface area (Å²) in [5.74, 6) is 0. The fourth-order valence-electron chi connectivity index (χ4n) is 0. The topological polar surface area (TPSA) is 115 Å². The van der Waals surface area contributed by atoms with Crippen molar-refractivity contribution in [3.8, 4) is 0 Å². The summed E-state index contributed by atoms with van der Waals surface area (Å²) in [6, 6.07) is 0. The molecule has 0 saturated heterocycles. The van der Waals surface area contributed by atoms with E-state index in [-0.39, 0.29) is 23.1 Å². The van der Waals surface area contributed by atoms with E-state index in [0.717, 1.165) is 0 Å². The van der Waals surface area contributed by atoms with Crippen LogP contribution in [0.4, 0.5) is 0 Å². The fraction of sp³-hybridized carbons (Fsp3) is 0. The van der Waals surface area contributed by atoms with E-state index < -0.39 is 16.5 Å². The summed E-state index contributed by atoms with van der Waals surface area (Å²) >= 11 is 0. The van der Waals surface area contributed by atoms with Crippen LogP contribution in [0.5, 0.6) is 0 Å². The second-order valence-corrected chi connectivity index (χ2v) is 1.52. The second kappa shape index (κ2) is 11.8. The van der Waals surface area contributed by atoms with Crippen molar-refractivity contribution >= 4 is 39.6 Å². The average molecular weight is 186 g/mol. The molecule has 0 aromatic heterocycles. The standard InChI is InChI=1S/Mg.2H2O3P/c;2*1-4(2)3/h;2*(H2,1,2,3)/q+2;2*-1. The molecule has 0 radical (unpaired) electrons. The van der Waals surface area contributed by atoms with Crippen LogP contribution in [0.1, 0.15) is 0 Å². The molecule has 0 amide bonds. The molecule has 9 heavy (non-hydrogen) atoms. The first kappa shape index (κ1) is 16.6. The van der Waals surface area contributed by atoms with Gasteiger partial charge in [0.15, 0.2) is 0 Å². The fourth-order valence-corrected chi connectivity index (χ4v) is 0.